The number of urea groups is 1. The standard InChI is InChI=1S/C15H21N5O2/c21-14(13-8-12(17-18-13)10-3-4-10)19-6-1-2-11(9-19)20-7-5-16-15(20)22/h8,10-11H,1-7,9H2,(H,16,22)(H,17,18). The third kappa shape index (κ3) is 2.44. The number of aromatic amines is 1. The van der Waals surface area contributed by atoms with E-state index in [0.29, 0.717) is 24.7 Å². The second-order valence-corrected chi connectivity index (χ2v) is 6.46. The third-order valence-electron chi connectivity index (χ3n) is 4.85. The van der Waals surface area contributed by atoms with Crippen molar-refractivity contribution in [3.63, 3.8) is 0 Å². The molecule has 1 atom stereocenters. The fourth-order valence-corrected chi connectivity index (χ4v) is 3.44. The predicted molar refractivity (Wildman–Crippen MR) is 79.6 cm³/mol. The van der Waals surface area contributed by atoms with Crippen molar-refractivity contribution in [1.82, 2.24) is 25.3 Å². The second-order valence-electron chi connectivity index (χ2n) is 6.46. The summed E-state index contributed by atoms with van der Waals surface area (Å²) >= 11 is 0. The summed E-state index contributed by atoms with van der Waals surface area (Å²) in [6, 6.07) is 2.02. The predicted octanol–water partition coefficient (Wildman–Crippen LogP) is 0.917. The van der Waals surface area contributed by atoms with Gasteiger partial charge in [-0.05, 0) is 31.7 Å². The lowest BCUT2D eigenvalue weighted by molar-refractivity contribution is 0.0628. The van der Waals surface area contributed by atoms with Crippen LogP contribution in [0.3, 0.4) is 0 Å². The number of H-pyrrole nitrogens is 1. The summed E-state index contributed by atoms with van der Waals surface area (Å²) in [6.07, 6.45) is 4.27. The summed E-state index contributed by atoms with van der Waals surface area (Å²) in [4.78, 5) is 28.1. The Labute approximate surface area is 129 Å². The lowest BCUT2D eigenvalue weighted by Crippen LogP contribution is -2.50. The molecule has 0 radical (unpaired) electrons. The first-order valence-corrected chi connectivity index (χ1v) is 8.11. The van der Waals surface area contributed by atoms with Crippen molar-refractivity contribution >= 4 is 11.9 Å². The van der Waals surface area contributed by atoms with Crippen molar-refractivity contribution in [3.8, 4) is 0 Å². The third-order valence-corrected chi connectivity index (χ3v) is 4.85. The maximum atomic E-state index is 12.6. The molecule has 118 valence electrons. The monoisotopic (exact) mass is 303 g/mol. The van der Waals surface area contributed by atoms with Gasteiger partial charge in [0.1, 0.15) is 5.69 Å². The molecule has 1 aromatic heterocycles. The van der Waals surface area contributed by atoms with Crippen molar-refractivity contribution in [3.05, 3.63) is 17.5 Å². The smallest absolute Gasteiger partial charge is 0.317 e. The minimum atomic E-state index is -0.0209. The Morgan fingerprint density at radius 2 is 2.14 bits per heavy atom. The molecule has 2 saturated heterocycles. The fourth-order valence-electron chi connectivity index (χ4n) is 3.44. The van der Waals surface area contributed by atoms with Crippen LogP contribution < -0.4 is 5.32 Å². The van der Waals surface area contributed by atoms with Crippen LogP contribution in [-0.2, 0) is 0 Å². The van der Waals surface area contributed by atoms with E-state index >= 15 is 0 Å². The average Bonchev–Trinajstić information content (AvgIpc) is 3.11. The molecular formula is C15H21N5O2. The molecule has 7 heteroatoms. The number of hydrogen-bond acceptors (Lipinski definition) is 3. The molecule has 7 nitrogen and oxygen atoms in total. The van der Waals surface area contributed by atoms with Gasteiger partial charge < -0.3 is 15.1 Å². The molecule has 4 rings (SSSR count). The van der Waals surface area contributed by atoms with Gasteiger partial charge in [-0.1, -0.05) is 0 Å². The van der Waals surface area contributed by atoms with E-state index in [1.54, 1.807) is 0 Å². The SMILES string of the molecule is O=C(c1cc(C2CC2)[nH]n1)N1CCCC(N2CCNC2=O)C1. The van der Waals surface area contributed by atoms with Gasteiger partial charge in [0, 0.05) is 37.8 Å². The zero-order chi connectivity index (χ0) is 15.1. The van der Waals surface area contributed by atoms with Gasteiger partial charge in [0.2, 0.25) is 0 Å². The highest BCUT2D eigenvalue weighted by Crippen LogP contribution is 2.39. The molecule has 1 aliphatic carbocycles. The summed E-state index contributed by atoms with van der Waals surface area (Å²) < 4.78 is 0. The van der Waals surface area contributed by atoms with E-state index < -0.39 is 0 Å². The minimum Gasteiger partial charge on any atom is -0.336 e. The van der Waals surface area contributed by atoms with Gasteiger partial charge >= 0.3 is 6.03 Å². The highest BCUT2D eigenvalue weighted by atomic mass is 16.2. The van der Waals surface area contributed by atoms with Gasteiger partial charge in [0.15, 0.2) is 0 Å². The van der Waals surface area contributed by atoms with Gasteiger partial charge in [0.25, 0.3) is 5.91 Å². The lowest BCUT2D eigenvalue weighted by Gasteiger charge is -2.36. The van der Waals surface area contributed by atoms with Crippen molar-refractivity contribution in [2.24, 2.45) is 0 Å². The molecular weight excluding hydrogens is 282 g/mol. The van der Waals surface area contributed by atoms with Crippen LogP contribution in [-0.4, -0.2) is 64.2 Å². The number of piperidine rings is 1. The van der Waals surface area contributed by atoms with E-state index in [1.807, 2.05) is 15.9 Å². The van der Waals surface area contributed by atoms with E-state index in [2.05, 4.69) is 15.5 Å². The normalized spacial score (nSPS) is 25.5. The first-order valence-electron chi connectivity index (χ1n) is 8.11. The number of aromatic nitrogens is 2. The van der Waals surface area contributed by atoms with Gasteiger partial charge in [-0.2, -0.15) is 5.10 Å². The van der Waals surface area contributed by atoms with Crippen LogP contribution in [0.4, 0.5) is 4.79 Å². The molecule has 1 saturated carbocycles. The maximum Gasteiger partial charge on any atom is 0.317 e. The van der Waals surface area contributed by atoms with E-state index in [4.69, 9.17) is 0 Å². The minimum absolute atomic E-state index is 0.00455. The van der Waals surface area contributed by atoms with Crippen molar-refractivity contribution in [1.29, 1.82) is 0 Å². The fraction of sp³-hybridized carbons (Fsp3) is 0.667. The number of likely N-dealkylation sites (tertiary alicyclic amines) is 1. The zero-order valence-corrected chi connectivity index (χ0v) is 12.5. The quantitative estimate of drug-likeness (QED) is 0.871. The van der Waals surface area contributed by atoms with Crippen LogP contribution in [0.5, 0.6) is 0 Å². The summed E-state index contributed by atoms with van der Waals surface area (Å²) in [5.41, 5.74) is 1.59. The van der Waals surface area contributed by atoms with E-state index in [0.717, 1.165) is 31.6 Å². The Morgan fingerprint density at radius 3 is 2.86 bits per heavy atom. The number of amides is 3. The van der Waals surface area contributed by atoms with Crippen LogP contribution in [0.15, 0.2) is 6.07 Å². The molecule has 1 aromatic rings. The van der Waals surface area contributed by atoms with Crippen LogP contribution in [0, 0.1) is 0 Å². The molecule has 3 heterocycles. The van der Waals surface area contributed by atoms with Crippen LogP contribution in [0.1, 0.15) is 47.8 Å². The molecule has 1 unspecified atom stereocenters. The second kappa shape index (κ2) is 5.30. The number of carbonyl (C=O) groups is 2. The number of nitrogens with zero attached hydrogens (tertiary/aromatic N) is 3. The van der Waals surface area contributed by atoms with E-state index in [-0.39, 0.29) is 18.0 Å². The zero-order valence-electron chi connectivity index (χ0n) is 12.5. The van der Waals surface area contributed by atoms with Gasteiger partial charge in [-0.25, -0.2) is 4.79 Å². The molecule has 3 fully saturated rings. The Morgan fingerprint density at radius 1 is 1.27 bits per heavy atom. The van der Waals surface area contributed by atoms with Gasteiger partial charge in [-0.15, -0.1) is 0 Å². The molecule has 3 amide bonds. The Hall–Kier alpha value is -2.05. The Kier molecular flexibility index (Phi) is 3.28. The number of nitrogens with one attached hydrogen (secondary N) is 2. The van der Waals surface area contributed by atoms with Crippen LogP contribution >= 0.6 is 0 Å². The topological polar surface area (TPSA) is 81.3 Å². The summed E-state index contributed by atoms with van der Waals surface area (Å²) in [6.45, 7) is 2.79. The molecule has 3 aliphatic rings. The van der Waals surface area contributed by atoms with Crippen LogP contribution in [0.2, 0.25) is 0 Å². The number of rotatable bonds is 3. The molecule has 2 N–H and O–H groups in total. The Bertz CT molecular complexity index is 595. The van der Waals surface area contributed by atoms with Crippen molar-refractivity contribution in [2.45, 2.75) is 37.6 Å². The van der Waals surface area contributed by atoms with Crippen molar-refractivity contribution < 1.29 is 9.59 Å². The largest absolute Gasteiger partial charge is 0.336 e. The Balaban J connectivity index is 1.44. The number of hydrogen-bond donors (Lipinski definition) is 2. The first-order chi connectivity index (χ1) is 10.7. The highest BCUT2D eigenvalue weighted by molar-refractivity contribution is 5.92. The van der Waals surface area contributed by atoms with Crippen molar-refractivity contribution in [2.75, 3.05) is 26.2 Å². The summed E-state index contributed by atoms with van der Waals surface area (Å²) in [5.74, 6) is 0.545. The van der Waals surface area contributed by atoms with Gasteiger partial charge in [0.05, 0.1) is 6.04 Å². The highest BCUT2D eigenvalue weighted by Gasteiger charge is 2.34. The first kappa shape index (κ1) is 13.6. The number of carbonyl (C=O) groups excluding carboxylic acids is 2. The molecule has 0 bridgehead atoms. The average molecular weight is 303 g/mol. The lowest BCUT2D eigenvalue weighted by atomic mass is 10.0. The molecule has 0 spiro atoms. The molecule has 22 heavy (non-hydrogen) atoms. The van der Waals surface area contributed by atoms with E-state index in [1.165, 1.54) is 12.8 Å². The summed E-state index contributed by atoms with van der Waals surface area (Å²) in [5, 5.41) is 10.0. The molecule has 2 aliphatic heterocycles. The maximum absolute atomic E-state index is 12.6. The van der Waals surface area contributed by atoms with Crippen LogP contribution in [0.25, 0.3) is 0 Å². The molecule has 0 aromatic carbocycles. The van der Waals surface area contributed by atoms with Gasteiger partial charge in [-0.3, -0.25) is 9.89 Å². The van der Waals surface area contributed by atoms with E-state index in [9.17, 15) is 9.59 Å². The summed E-state index contributed by atoms with van der Waals surface area (Å²) in [7, 11) is 0.